The average Bonchev–Trinajstić information content (AvgIpc) is 1.56. The topological polar surface area (TPSA) is 121 Å². The Morgan fingerprint density at radius 1 is 0.229 bits per heavy atom. The van der Waals surface area contributed by atoms with Gasteiger partial charge in [-0.05, 0) is 11.1 Å². The zero-order chi connectivity index (χ0) is 71.3. The van der Waals surface area contributed by atoms with Crippen LogP contribution in [-0.4, -0.2) is 52.9 Å². The zero-order valence-electron chi connectivity index (χ0n) is 59.4. The first-order chi connectivity index (χ1) is 51.0. The van der Waals surface area contributed by atoms with E-state index < -0.39 is 24.8 Å². The van der Waals surface area contributed by atoms with Crippen LogP contribution in [0.3, 0.4) is 0 Å². The molecule has 6 bridgehead atoms. The maximum atomic E-state index is 6.88. The first-order valence-electron chi connectivity index (χ1n) is 35.5. The van der Waals surface area contributed by atoms with E-state index in [9.17, 15) is 0 Å². The van der Waals surface area contributed by atoms with Crippen molar-refractivity contribution in [3.63, 3.8) is 0 Å². The molecule has 4 aliphatic heterocycles. The fraction of sp³-hybridized carbons (Fsp3) is 0.130. The molecule has 0 spiro atoms. The fourth-order valence-electron chi connectivity index (χ4n) is 14.9. The minimum atomic E-state index is -2.66. The maximum absolute atomic E-state index is 6.88. The molecule has 0 atom stereocenters. The van der Waals surface area contributed by atoms with Gasteiger partial charge in [-0.2, -0.15) is 0 Å². The summed E-state index contributed by atoms with van der Waals surface area (Å²) in [6.45, 7) is 18.0. The molecule has 0 aliphatic carbocycles. The molecule has 2 aromatic heterocycles. The van der Waals surface area contributed by atoms with Gasteiger partial charge in [0.1, 0.15) is 0 Å². The number of aliphatic imine (C=N–C) groups is 4. The molecular formula is C92H72N8O4Pb. The Morgan fingerprint density at radius 3 is 0.886 bits per heavy atom. The third kappa shape index (κ3) is 11.8. The Labute approximate surface area is 622 Å². The molecule has 0 unspecified atom stereocenters. The number of hydrogen-bond donors (Lipinski definition) is 0. The van der Waals surface area contributed by atoms with Gasteiger partial charge in [-0.1, -0.05) is 149 Å². The van der Waals surface area contributed by atoms with Crippen LogP contribution in [-0.2, 0) is 21.7 Å². The number of fused-ring (bicyclic) bond motifs is 14. The summed E-state index contributed by atoms with van der Waals surface area (Å²) in [5.41, 5.74) is 13.3. The van der Waals surface area contributed by atoms with E-state index in [1.54, 1.807) is 0 Å². The number of aromatic nitrogens is 2. The average molecular weight is 1560 g/mol. The van der Waals surface area contributed by atoms with E-state index in [-0.39, 0.29) is 21.7 Å². The molecule has 105 heavy (non-hydrogen) atoms. The number of hydrogen-bond acceptors (Lipinski definition) is 10. The van der Waals surface area contributed by atoms with E-state index in [4.69, 9.17) is 48.9 Å². The molecule has 12 nitrogen and oxygen atoms in total. The Kier molecular flexibility index (Phi) is 15.8. The van der Waals surface area contributed by atoms with Crippen molar-refractivity contribution in [3.8, 4) is 46.0 Å². The summed E-state index contributed by atoms with van der Waals surface area (Å²) in [6, 6.07) is 101. The zero-order valence-corrected chi connectivity index (χ0v) is 63.3. The van der Waals surface area contributed by atoms with Gasteiger partial charge in [-0.3, -0.25) is 0 Å². The monoisotopic (exact) mass is 1560 g/mol. The van der Waals surface area contributed by atoms with E-state index in [0.29, 0.717) is 91.9 Å². The third-order valence-electron chi connectivity index (χ3n) is 21.4. The summed E-state index contributed by atoms with van der Waals surface area (Å²) in [5.74, 6) is 8.75. The van der Waals surface area contributed by atoms with Gasteiger partial charge in [0, 0.05) is 10.8 Å². The van der Waals surface area contributed by atoms with Crippen LogP contribution in [0.2, 0.25) is 0 Å². The Hall–Kier alpha value is -11.9. The normalized spacial score (nSPS) is 13.7. The van der Waals surface area contributed by atoms with Crippen LogP contribution >= 0.6 is 0 Å². The van der Waals surface area contributed by atoms with Crippen molar-refractivity contribution < 1.29 is 18.9 Å². The third-order valence-corrected chi connectivity index (χ3v) is 26.3. The second-order valence-electron chi connectivity index (χ2n) is 29.3. The molecule has 0 saturated heterocycles. The van der Waals surface area contributed by atoms with Gasteiger partial charge in [-0.25, -0.2) is 0 Å². The van der Waals surface area contributed by atoms with E-state index >= 15 is 0 Å². The van der Waals surface area contributed by atoms with Gasteiger partial charge in [0.2, 0.25) is 0 Å². The van der Waals surface area contributed by atoms with Crippen molar-refractivity contribution in [2.24, 2.45) is 30.0 Å². The van der Waals surface area contributed by atoms with Crippen LogP contribution in [0.5, 0.6) is 46.0 Å². The predicted octanol–water partition coefficient (Wildman–Crippen LogP) is 20.9. The van der Waals surface area contributed by atoms with Gasteiger partial charge in [-0.15, -0.1) is 0 Å². The Morgan fingerprint density at radius 2 is 0.505 bits per heavy atom. The van der Waals surface area contributed by atoms with Crippen LogP contribution in [0.15, 0.2) is 321 Å². The van der Waals surface area contributed by atoms with Gasteiger partial charge in [0.05, 0.1) is 0 Å². The number of amidine groups is 4. The first kappa shape index (κ1) is 65.2. The van der Waals surface area contributed by atoms with Crippen molar-refractivity contribution in [1.82, 2.24) is 4.75 Å². The van der Waals surface area contributed by atoms with Gasteiger partial charge in [0.25, 0.3) is 0 Å². The van der Waals surface area contributed by atoms with Gasteiger partial charge < -0.3 is 0 Å². The number of nitrogens with zero attached hydrogens (tertiary/aromatic N) is 8. The van der Waals surface area contributed by atoms with E-state index in [2.05, 4.69) is 279 Å². The second-order valence-corrected chi connectivity index (χ2v) is 33.6. The van der Waals surface area contributed by atoms with Crippen molar-refractivity contribution in [3.05, 3.63) is 369 Å². The predicted molar refractivity (Wildman–Crippen MR) is 421 cm³/mol. The molecule has 14 aromatic rings. The molecular weight excluding hydrogens is 1490 g/mol. The van der Waals surface area contributed by atoms with E-state index in [1.165, 1.54) is 44.5 Å². The Balaban J connectivity index is 0.800. The fourth-order valence-corrected chi connectivity index (χ4v) is 19.8. The number of rotatable bonds is 16. The molecule has 0 fully saturated rings. The molecule has 0 saturated carbocycles. The molecule has 6 heterocycles. The molecule has 4 aliphatic rings. The molecule has 0 amide bonds. The van der Waals surface area contributed by atoms with E-state index in [0.717, 1.165) is 43.8 Å². The minimum absolute atomic E-state index is 0.218. The van der Waals surface area contributed by atoms with Crippen molar-refractivity contribution in [2.75, 3.05) is 0 Å². The summed E-state index contributed by atoms with van der Waals surface area (Å²) in [7, 11) is 0. The van der Waals surface area contributed by atoms with Crippen LogP contribution in [0.25, 0.3) is 21.5 Å². The van der Waals surface area contributed by atoms with Crippen LogP contribution in [0, 0.1) is 0 Å². The summed E-state index contributed by atoms with van der Waals surface area (Å²) in [4.78, 5) is 33.7. The molecule has 0 N–H and O–H groups in total. The quantitative estimate of drug-likeness (QED) is 0.0895. The Bertz CT molecular complexity index is 6060. The van der Waals surface area contributed by atoms with Crippen molar-refractivity contribution in [2.45, 2.75) is 77.0 Å². The van der Waals surface area contributed by atoms with Crippen molar-refractivity contribution in [1.29, 1.82) is 0 Å². The molecule has 508 valence electrons. The van der Waals surface area contributed by atoms with Crippen LogP contribution in [0.4, 0.5) is 11.6 Å². The molecule has 13 heteroatoms. The van der Waals surface area contributed by atoms with Crippen LogP contribution < -0.4 is 29.9 Å². The summed E-state index contributed by atoms with van der Waals surface area (Å²) >= 11 is -2.66. The standard InChI is InChI=1S/C92H72N8O4.Pb/c1-89(2,57-21-13-9-14-22-57)61-29-37-65(38-30-61)101-69-45-49-73-77(53-69)85-95-81(73)93-82-75-51-47-71(103-67-41-33-63(34-42-67)91(5,6)59-25-17-11-18-26-59)55-79(75)87(97-82)100-88-80-56-72(104-68-43-35-64(36-44-68)92(7,8)60-27-19-12-20-28-60)48-52-76(80)84(98-88)94-83-74-50-46-70(54-78(74)86(96-83)99-85)102-66-39-31-62(32-40-66)90(3,4)58-23-15-10-16-24-58;/h9-56H,1-8H3;/q-2;+2. The first-order valence-corrected chi connectivity index (χ1v) is 39.0. The molecule has 12 aromatic carbocycles. The van der Waals surface area contributed by atoms with Crippen molar-refractivity contribution >= 4 is 81.4 Å². The SMILES string of the molecule is CC(C)(c1ccccc1)c1ccc(Oc2ccc3c(c2)C2=NC3=Nc3c4ccc(Oc5ccc(C(C)(C)c6ccccc6)cc5)cc4c4[n]3[Pb][n]3c(c5ccc(Oc6ccc(C(C)(C)c7ccccc7)cc6)cc5c3=N2)=NC2=NC(=N4)c3cc(Oc4ccc(C(C)(C)c5ccccc5)cc4)ccc32)cc1. The van der Waals surface area contributed by atoms with Gasteiger partial charge >= 0.3 is 456 Å². The van der Waals surface area contributed by atoms with Gasteiger partial charge in [0.15, 0.2) is 0 Å². The number of benzene rings is 12. The number of ether oxygens (including phenoxy) is 4. The van der Waals surface area contributed by atoms with E-state index in [1.807, 2.05) is 72.8 Å². The molecule has 18 rings (SSSR count). The summed E-state index contributed by atoms with van der Waals surface area (Å²) in [6.07, 6.45) is 0. The second kappa shape index (κ2) is 25.5. The van der Waals surface area contributed by atoms with Crippen LogP contribution in [0.1, 0.15) is 122 Å². The molecule has 2 radical (unpaired) electrons. The summed E-state index contributed by atoms with van der Waals surface area (Å²) in [5, 5.41) is 3.39. The summed E-state index contributed by atoms with van der Waals surface area (Å²) < 4.78 is 32.0.